The third-order valence-corrected chi connectivity index (χ3v) is 5.34. The number of carbonyl (C=O) groups is 2. The molecule has 8 heteroatoms. The zero-order valence-corrected chi connectivity index (χ0v) is 18.7. The predicted molar refractivity (Wildman–Crippen MR) is 129 cm³/mol. The lowest BCUT2D eigenvalue weighted by Gasteiger charge is -2.08. The van der Waals surface area contributed by atoms with Crippen LogP contribution in [0.4, 0.5) is 0 Å². The number of carbonyl (C=O) groups excluding carboxylic acids is 2. The minimum atomic E-state index is -0.578. The van der Waals surface area contributed by atoms with Crippen LogP contribution in [0.2, 0.25) is 0 Å². The number of para-hydroxylation sites is 2. The first-order valence-corrected chi connectivity index (χ1v) is 10.8. The van der Waals surface area contributed by atoms with E-state index in [1.807, 2.05) is 84.9 Å². The first-order valence-electron chi connectivity index (χ1n) is 10.8. The average molecular weight is 457 g/mol. The molecule has 0 atom stereocenters. The SMILES string of the molecule is Cn1c(=O)n(CCC(=O)OCC(=O)NN=C(c2ccccc2)c2ccccc2)c2ccccc21. The highest BCUT2D eigenvalue weighted by Crippen LogP contribution is 2.12. The number of benzene rings is 3. The second-order valence-corrected chi connectivity index (χ2v) is 7.62. The van der Waals surface area contributed by atoms with Crippen molar-refractivity contribution in [3.63, 3.8) is 0 Å². The molecule has 3 aromatic carbocycles. The van der Waals surface area contributed by atoms with Crippen molar-refractivity contribution in [1.82, 2.24) is 14.6 Å². The van der Waals surface area contributed by atoms with Gasteiger partial charge in [0.05, 0.1) is 23.2 Å². The molecular formula is C26H24N4O4. The Morgan fingerprint density at radius 1 is 0.853 bits per heavy atom. The van der Waals surface area contributed by atoms with E-state index in [0.717, 1.165) is 22.2 Å². The Hall–Kier alpha value is -4.46. The van der Waals surface area contributed by atoms with E-state index in [4.69, 9.17) is 4.74 Å². The van der Waals surface area contributed by atoms with Crippen molar-refractivity contribution < 1.29 is 14.3 Å². The van der Waals surface area contributed by atoms with Crippen LogP contribution < -0.4 is 11.1 Å². The summed E-state index contributed by atoms with van der Waals surface area (Å²) in [4.78, 5) is 36.9. The predicted octanol–water partition coefficient (Wildman–Crippen LogP) is 2.84. The topological polar surface area (TPSA) is 94.7 Å². The van der Waals surface area contributed by atoms with Gasteiger partial charge in [-0.3, -0.25) is 18.7 Å². The molecular weight excluding hydrogens is 432 g/mol. The summed E-state index contributed by atoms with van der Waals surface area (Å²) >= 11 is 0. The summed E-state index contributed by atoms with van der Waals surface area (Å²) in [5.41, 5.74) is 6.04. The van der Waals surface area contributed by atoms with Crippen molar-refractivity contribution in [3.05, 3.63) is 107 Å². The van der Waals surface area contributed by atoms with Crippen LogP contribution in [0.15, 0.2) is 94.8 Å². The molecule has 0 aliphatic rings. The third-order valence-electron chi connectivity index (χ3n) is 5.34. The maximum Gasteiger partial charge on any atom is 0.328 e. The number of fused-ring (bicyclic) bond motifs is 1. The Morgan fingerprint density at radius 3 is 2.03 bits per heavy atom. The number of amides is 1. The van der Waals surface area contributed by atoms with Gasteiger partial charge in [0.2, 0.25) is 0 Å². The first kappa shape index (κ1) is 22.7. The summed E-state index contributed by atoms with van der Waals surface area (Å²) in [7, 11) is 1.68. The Kier molecular flexibility index (Phi) is 6.98. The van der Waals surface area contributed by atoms with Crippen LogP contribution in [0.25, 0.3) is 11.0 Å². The highest BCUT2D eigenvalue weighted by atomic mass is 16.5. The summed E-state index contributed by atoms with van der Waals surface area (Å²) in [6.07, 6.45) is -0.0380. The van der Waals surface area contributed by atoms with E-state index >= 15 is 0 Å². The van der Waals surface area contributed by atoms with Gasteiger partial charge >= 0.3 is 11.7 Å². The van der Waals surface area contributed by atoms with E-state index in [2.05, 4.69) is 10.5 Å². The highest BCUT2D eigenvalue weighted by Gasteiger charge is 2.13. The van der Waals surface area contributed by atoms with Crippen LogP contribution in [0.5, 0.6) is 0 Å². The van der Waals surface area contributed by atoms with Gasteiger partial charge in [-0.15, -0.1) is 0 Å². The normalized spacial score (nSPS) is 10.6. The molecule has 0 fully saturated rings. The smallest absolute Gasteiger partial charge is 0.328 e. The molecule has 34 heavy (non-hydrogen) atoms. The van der Waals surface area contributed by atoms with E-state index in [-0.39, 0.29) is 18.7 Å². The number of esters is 1. The molecule has 1 amide bonds. The molecule has 0 aliphatic heterocycles. The molecule has 0 radical (unpaired) electrons. The summed E-state index contributed by atoms with van der Waals surface area (Å²) in [5.74, 6) is -1.13. The molecule has 0 spiro atoms. The molecule has 172 valence electrons. The minimum Gasteiger partial charge on any atom is -0.455 e. The molecule has 0 saturated heterocycles. The number of ether oxygens (including phenoxy) is 1. The number of aryl methyl sites for hydroxylation is 2. The van der Waals surface area contributed by atoms with Gasteiger partial charge in [-0.1, -0.05) is 72.8 Å². The summed E-state index contributed by atoms with van der Waals surface area (Å²) in [5, 5.41) is 4.26. The second kappa shape index (κ2) is 10.4. The fourth-order valence-electron chi connectivity index (χ4n) is 3.64. The van der Waals surface area contributed by atoms with Crippen LogP contribution in [-0.4, -0.2) is 33.3 Å². The lowest BCUT2D eigenvalue weighted by atomic mass is 10.0. The van der Waals surface area contributed by atoms with Crippen LogP contribution in [-0.2, 0) is 27.9 Å². The molecule has 4 aromatic rings. The summed E-state index contributed by atoms with van der Waals surface area (Å²) in [6.45, 7) is -0.311. The number of hydrazone groups is 1. The molecule has 8 nitrogen and oxygen atoms in total. The maximum absolute atomic E-state index is 12.4. The lowest BCUT2D eigenvalue weighted by Crippen LogP contribution is -2.27. The van der Waals surface area contributed by atoms with Gasteiger partial charge in [-0.2, -0.15) is 5.10 Å². The van der Waals surface area contributed by atoms with Crippen LogP contribution in [0.1, 0.15) is 17.5 Å². The minimum absolute atomic E-state index is 0.0380. The van der Waals surface area contributed by atoms with E-state index in [0.29, 0.717) is 5.71 Å². The van der Waals surface area contributed by atoms with E-state index in [9.17, 15) is 14.4 Å². The van der Waals surface area contributed by atoms with Crippen LogP contribution in [0.3, 0.4) is 0 Å². The van der Waals surface area contributed by atoms with Crippen molar-refractivity contribution >= 4 is 28.6 Å². The third kappa shape index (κ3) is 5.12. The second-order valence-electron chi connectivity index (χ2n) is 7.62. The maximum atomic E-state index is 12.4. The number of aromatic nitrogens is 2. The van der Waals surface area contributed by atoms with Crippen molar-refractivity contribution in [2.24, 2.45) is 12.1 Å². The summed E-state index contributed by atoms with van der Waals surface area (Å²) < 4.78 is 8.14. The zero-order valence-electron chi connectivity index (χ0n) is 18.7. The molecule has 0 unspecified atom stereocenters. The Bertz CT molecular complexity index is 1350. The van der Waals surface area contributed by atoms with E-state index in [1.165, 1.54) is 9.13 Å². The van der Waals surface area contributed by atoms with Gasteiger partial charge in [0, 0.05) is 24.7 Å². The van der Waals surface area contributed by atoms with E-state index < -0.39 is 18.5 Å². The number of nitrogens with one attached hydrogen (secondary N) is 1. The lowest BCUT2D eigenvalue weighted by molar-refractivity contribution is -0.148. The van der Waals surface area contributed by atoms with Gasteiger partial charge in [-0.05, 0) is 12.1 Å². The van der Waals surface area contributed by atoms with Crippen molar-refractivity contribution in [2.45, 2.75) is 13.0 Å². The van der Waals surface area contributed by atoms with Crippen molar-refractivity contribution in [3.8, 4) is 0 Å². The fraction of sp³-hybridized carbons (Fsp3) is 0.154. The van der Waals surface area contributed by atoms with Gasteiger partial charge in [-0.25, -0.2) is 10.2 Å². The van der Waals surface area contributed by atoms with Crippen LogP contribution >= 0.6 is 0 Å². The molecule has 1 N–H and O–H groups in total. The molecule has 0 bridgehead atoms. The molecule has 0 saturated carbocycles. The highest BCUT2D eigenvalue weighted by molar-refractivity contribution is 6.13. The van der Waals surface area contributed by atoms with Gasteiger partial charge in [0.1, 0.15) is 0 Å². The number of nitrogens with zero attached hydrogens (tertiary/aromatic N) is 3. The number of hydrogen-bond donors (Lipinski definition) is 1. The largest absolute Gasteiger partial charge is 0.455 e. The average Bonchev–Trinajstić information content (AvgIpc) is 3.12. The monoisotopic (exact) mass is 456 g/mol. The molecule has 0 aliphatic carbocycles. The van der Waals surface area contributed by atoms with E-state index in [1.54, 1.807) is 7.05 Å². The first-order chi connectivity index (χ1) is 16.5. The Balaban J connectivity index is 1.35. The van der Waals surface area contributed by atoms with Crippen molar-refractivity contribution in [2.75, 3.05) is 6.61 Å². The zero-order chi connectivity index (χ0) is 23.9. The Labute approximate surface area is 196 Å². The number of hydrogen-bond acceptors (Lipinski definition) is 5. The molecule has 1 aromatic heterocycles. The molecule has 1 heterocycles. The fourth-order valence-corrected chi connectivity index (χ4v) is 3.64. The van der Waals surface area contributed by atoms with Gasteiger partial charge in [0.15, 0.2) is 6.61 Å². The number of imidazole rings is 1. The number of rotatable bonds is 8. The van der Waals surface area contributed by atoms with Gasteiger partial charge in [0.25, 0.3) is 5.91 Å². The summed E-state index contributed by atoms with van der Waals surface area (Å²) in [6, 6.07) is 26.3. The van der Waals surface area contributed by atoms with Crippen LogP contribution in [0, 0.1) is 0 Å². The van der Waals surface area contributed by atoms with Crippen molar-refractivity contribution in [1.29, 1.82) is 0 Å². The Morgan fingerprint density at radius 2 is 1.41 bits per heavy atom. The quantitative estimate of drug-likeness (QED) is 0.251. The standard InChI is InChI=1S/C26H24N4O4/c1-29-21-14-8-9-15-22(21)30(26(29)33)17-16-24(32)34-18-23(31)27-28-25(19-10-4-2-5-11-19)20-12-6-3-7-13-20/h2-15H,16-18H2,1H3,(H,27,31). The molecule has 4 rings (SSSR count). The van der Waals surface area contributed by atoms with Gasteiger partial charge < -0.3 is 4.74 Å².